The number of likely N-dealkylation sites (tertiary alicyclic amines) is 1. The number of carboxylic acid groups (broad SMARTS) is 1. The van der Waals surface area contributed by atoms with Crippen molar-refractivity contribution in [2.24, 2.45) is 5.92 Å². The molecule has 2 aromatic heterocycles. The van der Waals surface area contributed by atoms with Crippen LogP contribution in [0.2, 0.25) is 5.15 Å². The highest BCUT2D eigenvalue weighted by Gasteiger charge is 2.47. The number of halogens is 1. The summed E-state index contributed by atoms with van der Waals surface area (Å²) in [5, 5.41) is 10.9. The molecule has 1 fully saturated rings. The van der Waals surface area contributed by atoms with Gasteiger partial charge in [0.25, 0.3) is 5.91 Å². The smallest absolute Gasteiger partial charge is 0.306 e. The third-order valence-corrected chi connectivity index (χ3v) is 6.95. The van der Waals surface area contributed by atoms with E-state index < -0.39 is 11.9 Å². The first-order valence-electron chi connectivity index (χ1n) is 11.3. The average Bonchev–Trinajstić information content (AvgIpc) is 3.11. The van der Waals surface area contributed by atoms with Gasteiger partial charge in [-0.25, -0.2) is 9.97 Å². The Balaban J connectivity index is 1.63. The van der Waals surface area contributed by atoms with Crippen molar-refractivity contribution in [2.75, 3.05) is 18.0 Å². The molecule has 0 radical (unpaired) electrons. The van der Waals surface area contributed by atoms with Gasteiger partial charge in [-0.3, -0.25) is 19.4 Å². The van der Waals surface area contributed by atoms with Gasteiger partial charge in [-0.1, -0.05) is 36.7 Å². The molecule has 2 aliphatic rings. The number of carbonyl (C=O) groups is 2. The minimum absolute atomic E-state index is 0.127. The molecule has 0 spiro atoms. The SMILES string of the molecule is CCCN1CCC(C(=O)O)CC1C1c2ccccc2C(=O)N1c1ccc2ccc(Cl)nc2n1. The molecule has 3 aromatic rings. The van der Waals surface area contributed by atoms with Gasteiger partial charge in [0, 0.05) is 17.0 Å². The van der Waals surface area contributed by atoms with E-state index in [1.54, 1.807) is 11.0 Å². The summed E-state index contributed by atoms with van der Waals surface area (Å²) in [4.78, 5) is 38.6. The molecule has 3 unspecified atom stereocenters. The molecule has 170 valence electrons. The summed E-state index contributed by atoms with van der Waals surface area (Å²) < 4.78 is 0. The summed E-state index contributed by atoms with van der Waals surface area (Å²) in [5.41, 5.74) is 2.03. The van der Waals surface area contributed by atoms with E-state index >= 15 is 0 Å². The molecule has 0 aliphatic carbocycles. The first kappa shape index (κ1) is 21.8. The highest BCUT2D eigenvalue weighted by Crippen LogP contribution is 2.44. The summed E-state index contributed by atoms with van der Waals surface area (Å²) in [6.45, 7) is 3.66. The van der Waals surface area contributed by atoms with Gasteiger partial charge in [-0.15, -0.1) is 0 Å². The molecule has 1 aromatic carbocycles. The normalized spacial score (nSPS) is 23.2. The van der Waals surface area contributed by atoms with E-state index in [-0.39, 0.29) is 18.0 Å². The fourth-order valence-electron chi connectivity index (χ4n) is 5.23. The van der Waals surface area contributed by atoms with E-state index in [9.17, 15) is 14.7 Å². The molecular formula is C25H25ClN4O3. The maximum absolute atomic E-state index is 13.6. The van der Waals surface area contributed by atoms with Crippen LogP contribution >= 0.6 is 11.6 Å². The molecule has 3 atom stereocenters. The Morgan fingerprint density at radius 1 is 1.15 bits per heavy atom. The number of carboxylic acids is 1. The van der Waals surface area contributed by atoms with Gasteiger partial charge >= 0.3 is 5.97 Å². The van der Waals surface area contributed by atoms with Gasteiger partial charge in [0.05, 0.1) is 12.0 Å². The van der Waals surface area contributed by atoms with Crippen LogP contribution in [-0.2, 0) is 4.79 Å². The number of hydrogen-bond acceptors (Lipinski definition) is 5. The predicted molar refractivity (Wildman–Crippen MR) is 127 cm³/mol. The highest BCUT2D eigenvalue weighted by atomic mass is 35.5. The fourth-order valence-corrected chi connectivity index (χ4v) is 5.38. The van der Waals surface area contributed by atoms with E-state index in [1.165, 1.54) is 0 Å². The predicted octanol–water partition coefficient (Wildman–Crippen LogP) is 4.56. The third-order valence-electron chi connectivity index (χ3n) is 6.74. The van der Waals surface area contributed by atoms with E-state index in [4.69, 9.17) is 16.6 Å². The number of pyridine rings is 2. The molecule has 4 heterocycles. The van der Waals surface area contributed by atoms with Crippen LogP contribution in [-0.4, -0.2) is 51.0 Å². The number of amides is 1. The molecule has 1 saturated heterocycles. The number of aromatic nitrogens is 2. The molecule has 7 nitrogen and oxygen atoms in total. The second kappa shape index (κ2) is 8.72. The van der Waals surface area contributed by atoms with E-state index in [1.807, 2.05) is 42.5 Å². The molecule has 33 heavy (non-hydrogen) atoms. The van der Waals surface area contributed by atoms with Gasteiger partial charge in [0.15, 0.2) is 5.65 Å². The van der Waals surface area contributed by atoms with Crippen LogP contribution in [0, 0.1) is 5.92 Å². The molecule has 1 N–H and O–H groups in total. The van der Waals surface area contributed by atoms with Gasteiger partial charge < -0.3 is 5.11 Å². The molecular weight excluding hydrogens is 440 g/mol. The fraction of sp³-hybridized carbons (Fsp3) is 0.360. The Labute approximate surface area is 197 Å². The van der Waals surface area contributed by atoms with Crippen molar-refractivity contribution in [1.82, 2.24) is 14.9 Å². The standard InChI is InChI=1S/C25H25ClN4O3/c1-2-12-29-13-11-16(25(32)33)14-19(29)22-17-5-3-4-6-18(17)24(31)30(22)21-10-8-15-7-9-20(26)27-23(15)28-21/h3-10,16,19,22H,2,11-14H2,1H3,(H,32,33). The van der Waals surface area contributed by atoms with Crippen molar-refractivity contribution in [3.8, 4) is 0 Å². The van der Waals surface area contributed by atoms with E-state index in [2.05, 4.69) is 16.8 Å². The minimum atomic E-state index is -0.775. The van der Waals surface area contributed by atoms with Crippen molar-refractivity contribution in [1.29, 1.82) is 0 Å². The van der Waals surface area contributed by atoms with Gasteiger partial charge in [0.1, 0.15) is 11.0 Å². The lowest BCUT2D eigenvalue weighted by atomic mass is 9.84. The number of hydrogen-bond donors (Lipinski definition) is 1. The Morgan fingerprint density at radius 3 is 2.73 bits per heavy atom. The van der Waals surface area contributed by atoms with Crippen molar-refractivity contribution in [3.63, 3.8) is 0 Å². The number of anilines is 1. The minimum Gasteiger partial charge on any atom is -0.481 e. The topological polar surface area (TPSA) is 86.6 Å². The lowest BCUT2D eigenvalue weighted by Gasteiger charge is -2.43. The van der Waals surface area contributed by atoms with Crippen LogP contribution in [0.4, 0.5) is 5.82 Å². The van der Waals surface area contributed by atoms with Crippen molar-refractivity contribution in [2.45, 2.75) is 38.3 Å². The summed E-state index contributed by atoms with van der Waals surface area (Å²) in [6.07, 6.45) is 2.05. The first-order chi connectivity index (χ1) is 16.0. The summed E-state index contributed by atoms with van der Waals surface area (Å²) in [5.74, 6) is -0.837. The Kier molecular flexibility index (Phi) is 5.76. The van der Waals surface area contributed by atoms with Crippen LogP contribution < -0.4 is 4.90 Å². The van der Waals surface area contributed by atoms with Crippen LogP contribution in [0.25, 0.3) is 11.0 Å². The number of benzene rings is 1. The zero-order valence-electron chi connectivity index (χ0n) is 18.3. The van der Waals surface area contributed by atoms with Crippen molar-refractivity contribution >= 4 is 40.3 Å². The Hall–Kier alpha value is -3.03. The third kappa shape index (κ3) is 3.85. The van der Waals surface area contributed by atoms with Crippen molar-refractivity contribution < 1.29 is 14.7 Å². The zero-order valence-corrected chi connectivity index (χ0v) is 19.1. The Bertz CT molecular complexity index is 1230. The molecule has 0 saturated carbocycles. The van der Waals surface area contributed by atoms with Gasteiger partial charge in [0.2, 0.25) is 0 Å². The maximum Gasteiger partial charge on any atom is 0.306 e. The van der Waals surface area contributed by atoms with Crippen LogP contribution in [0.3, 0.4) is 0 Å². The monoisotopic (exact) mass is 464 g/mol. The molecule has 5 rings (SSSR count). The summed E-state index contributed by atoms with van der Waals surface area (Å²) in [6, 6.07) is 14.4. The molecule has 1 amide bonds. The van der Waals surface area contributed by atoms with Crippen LogP contribution in [0.15, 0.2) is 48.5 Å². The largest absolute Gasteiger partial charge is 0.481 e. The first-order valence-corrected chi connectivity index (χ1v) is 11.7. The molecule has 2 aliphatic heterocycles. The van der Waals surface area contributed by atoms with Crippen molar-refractivity contribution in [3.05, 3.63) is 64.8 Å². The lowest BCUT2D eigenvalue weighted by molar-refractivity contribution is -0.144. The maximum atomic E-state index is 13.6. The lowest BCUT2D eigenvalue weighted by Crippen LogP contribution is -2.51. The van der Waals surface area contributed by atoms with Crippen LogP contribution in [0.1, 0.15) is 48.1 Å². The molecule has 8 heteroatoms. The number of nitrogens with zero attached hydrogens (tertiary/aromatic N) is 4. The quantitative estimate of drug-likeness (QED) is 0.557. The second-order valence-electron chi connectivity index (χ2n) is 8.72. The van der Waals surface area contributed by atoms with Gasteiger partial charge in [-0.2, -0.15) is 0 Å². The molecule has 0 bridgehead atoms. The number of carbonyl (C=O) groups excluding carboxylic acids is 1. The average molecular weight is 465 g/mol. The number of aliphatic carboxylic acids is 1. The van der Waals surface area contributed by atoms with E-state index in [0.29, 0.717) is 41.6 Å². The summed E-state index contributed by atoms with van der Waals surface area (Å²) >= 11 is 6.09. The zero-order chi connectivity index (χ0) is 23.1. The van der Waals surface area contributed by atoms with Crippen LogP contribution in [0.5, 0.6) is 0 Å². The van der Waals surface area contributed by atoms with Gasteiger partial charge in [-0.05, 0) is 68.2 Å². The summed E-state index contributed by atoms with van der Waals surface area (Å²) in [7, 11) is 0. The highest BCUT2D eigenvalue weighted by molar-refractivity contribution is 6.29. The Morgan fingerprint density at radius 2 is 1.94 bits per heavy atom. The van der Waals surface area contributed by atoms with E-state index in [0.717, 1.165) is 23.9 Å². The second-order valence-corrected chi connectivity index (χ2v) is 9.11. The number of rotatable bonds is 5. The number of piperidine rings is 1. The number of fused-ring (bicyclic) bond motifs is 2.